The van der Waals surface area contributed by atoms with Gasteiger partial charge in [0.15, 0.2) is 0 Å². The molecule has 8 heteroatoms. The van der Waals surface area contributed by atoms with E-state index in [4.69, 9.17) is 0 Å². The van der Waals surface area contributed by atoms with Gasteiger partial charge in [0.25, 0.3) is 5.91 Å². The molecular formula is C18H28ClN3O3S. The molecule has 3 rings (SSSR count). The number of rotatable bonds is 6. The van der Waals surface area contributed by atoms with Crippen LogP contribution in [0.25, 0.3) is 0 Å². The normalized spacial score (nSPS) is 21.0. The molecule has 26 heavy (non-hydrogen) atoms. The molecule has 0 aromatic heterocycles. The van der Waals surface area contributed by atoms with Crippen molar-refractivity contribution < 1.29 is 13.2 Å². The van der Waals surface area contributed by atoms with Gasteiger partial charge >= 0.3 is 0 Å². The molecule has 1 amide bonds. The molecule has 1 unspecified atom stereocenters. The Bertz CT molecular complexity index is 720. The Balaban J connectivity index is 0.00000243. The Kier molecular flexibility index (Phi) is 7.46. The van der Waals surface area contributed by atoms with Gasteiger partial charge in [-0.15, -0.1) is 12.4 Å². The number of likely N-dealkylation sites (N-methyl/N-ethyl adjacent to an activating group) is 1. The van der Waals surface area contributed by atoms with Crippen molar-refractivity contribution in [3.8, 4) is 0 Å². The number of nitrogens with zero attached hydrogens (tertiary/aromatic N) is 1. The van der Waals surface area contributed by atoms with E-state index in [1.165, 1.54) is 6.07 Å². The zero-order valence-corrected chi connectivity index (χ0v) is 16.7. The molecule has 0 radical (unpaired) electrons. The molecule has 1 aromatic carbocycles. The third kappa shape index (κ3) is 4.76. The van der Waals surface area contributed by atoms with Crippen LogP contribution in [0.5, 0.6) is 0 Å². The number of hydrogen-bond acceptors (Lipinski definition) is 4. The van der Waals surface area contributed by atoms with Gasteiger partial charge in [0, 0.05) is 30.7 Å². The molecule has 146 valence electrons. The number of carbonyl (C=O) groups is 1. The van der Waals surface area contributed by atoms with Gasteiger partial charge in [0.2, 0.25) is 10.0 Å². The van der Waals surface area contributed by atoms with Gasteiger partial charge in [-0.25, -0.2) is 13.1 Å². The summed E-state index contributed by atoms with van der Waals surface area (Å²) in [4.78, 5) is 14.9. The lowest BCUT2D eigenvalue weighted by atomic mass is 10.1. The number of hydrogen-bond donors (Lipinski definition) is 2. The third-order valence-corrected chi connectivity index (χ3v) is 6.66. The number of carbonyl (C=O) groups excluding carboxylic acids is 1. The molecule has 1 saturated carbocycles. The molecular weight excluding hydrogens is 374 g/mol. The van der Waals surface area contributed by atoms with Crippen LogP contribution in [-0.2, 0) is 10.0 Å². The Morgan fingerprint density at radius 2 is 1.92 bits per heavy atom. The lowest BCUT2D eigenvalue weighted by Crippen LogP contribution is -2.41. The first kappa shape index (κ1) is 21.2. The molecule has 6 nitrogen and oxygen atoms in total. The Morgan fingerprint density at radius 1 is 1.19 bits per heavy atom. The minimum atomic E-state index is -3.58. The van der Waals surface area contributed by atoms with Crippen LogP contribution in [-0.4, -0.2) is 51.4 Å². The monoisotopic (exact) mass is 401 g/mol. The number of likely N-dealkylation sites (tertiary alicyclic amines) is 1. The lowest BCUT2D eigenvalue weighted by molar-refractivity contribution is 0.0737. The van der Waals surface area contributed by atoms with Crippen LogP contribution in [0.1, 0.15) is 48.9 Å². The maximum Gasteiger partial charge on any atom is 0.254 e. The van der Waals surface area contributed by atoms with Crippen LogP contribution in [0.2, 0.25) is 0 Å². The minimum Gasteiger partial charge on any atom is -0.334 e. The molecule has 1 atom stereocenters. The largest absolute Gasteiger partial charge is 0.334 e. The minimum absolute atomic E-state index is 0. The average Bonchev–Trinajstić information content (AvgIpc) is 3.26. The van der Waals surface area contributed by atoms with Crippen molar-refractivity contribution in [3.63, 3.8) is 0 Å². The molecule has 1 heterocycles. The van der Waals surface area contributed by atoms with Crippen LogP contribution < -0.4 is 10.0 Å². The maximum absolute atomic E-state index is 12.8. The number of benzene rings is 1. The summed E-state index contributed by atoms with van der Waals surface area (Å²) in [6.45, 7) is 1.48. The van der Waals surface area contributed by atoms with E-state index < -0.39 is 10.0 Å². The SMILES string of the molecule is CNCC1CCCN1C(=O)c1cccc(S(=O)(=O)NC2CCCC2)c1.Cl. The van der Waals surface area contributed by atoms with Crippen LogP contribution >= 0.6 is 12.4 Å². The standard InChI is InChI=1S/C18H27N3O3S.ClH/c1-19-13-16-9-5-11-21(16)18(22)14-6-4-10-17(12-14)25(23,24)20-15-7-2-3-8-15;/h4,6,10,12,15-16,19-20H,2-3,5,7-9,11,13H2,1H3;1H. The van der Waals surface area contributed by atoms with Gasteiger partial charge < -0.3 is 10.2 Å². The second-order valence-corrected chi connectivity index (χ2v) is 8.70. The van der Waals surface area contributed by atoms with Crippen LogP contribution in [0.3, 0.4) is 0 Å². The molecule has 0 spiro atoms. The first-order valence-electron chi connectivity index (χ1n) is 9.09. The maximum atomic E-state index is 12.8. The first-order chi connectivity index (χ1) is 12.0. The average molecular weight is 402 g/mol. The van der Waals surface area contributed by atoms with Gasteiger partial charge in [-0.1, -0.05) is 18.9 Å². The van der Waals surface area contributed by atoms with E-state index in [9.17, 15) is 13.2 Å². The second-order valence-electron chi connectivity index (χ2n) is 6.98. The highest BCUT2D eigenvalue weighted by molar-refractivity contribution is 7.89. The predicted molar refractivity (Wildman–Crippen MR) is 104 cm³/mol. The predicted octanol–water partition coefficient (Wildman–Crippen LogP) is 2.15. The Labute approximate surface area is 162 Å². The molecule has 2 fully saturated rings. The summed E-state index contributed by atoms with van der Waals surface area (Å²) in [5.74, 6) is -0.0873. The van der Waals surface area contributed by atoms with Crippen molar-refractivity contribution in [2.24, 2.45) is 0 Å². The van der Waals surface area contributed by atoms with E-state index in [2.05, 4.69) is 10.0 Å². The van der Waals surface area contributed by atoms with E-state index in [0.29, 0.717) is 5.56 Å². The fourth-order valence-corrected chi connectivity index (χ4v) is 5.19. The summed E-state index contributed by atoms with van der Waals surface area (Å²) < 4.78 is 28.0. The van der Waals surface area contributed by atoms with Crippen LogP contribution in [0.4, 0.5) is 0 Å². The quantitative estimate of drug-likeness (QED) is 0.765. The van der Waals surface area contributed by atoms with Gasteiger partial charge in [-0.3, -0.25) is 4.79 Å². The third-order valence-electron chi connectivity index (χ3n) is 5.15. The van der Waals surface area contributed by atoms with E-state index in [1.807, 2.05) is 11.9 Å². The lowest BCUT2D eigenvalue weighted by Gasteiger charge is -2.24. The zero-order chi connectivity index (χ0) is 17.9. The van der Waals surface area contributed by atoms with E-state index in [0.717, 1.165) is 51.6 Å². The van der Waals surface area contributed by atoms with E-state index >= 15 is 0 Å². The van der Waals surface area contributed by atoms with Crippen molar-refractivity contribution in [3.05, 3.63) is 29.8 Å². The molecule has 2 N–H and O–H groups in total. The molecule has 1 aliphatic heterocycles. The van der Waals surface area contributed by atoms with Crippen molar-refractivity contribution in [1.82, 2.24) is 14.9 Å². The summed E-state index contributed by atoms with van der Waals surface area (Å²) in [5.41, 5.74) is 0.442. The number of halogens is 1. The van der Waals surface area contributed by atoms with Gasteiger partial charge in [-0.2, -0.15) is 0 Å². The van der Waals surface area contributed by atoms with Crippen molar-refractivity contribution in [2.75, 3.05) is 20.1 Å². The second kappa shape index (κ2) is 9.17. The molecule has 2 aliphatic rings. The van der Waals surface area contributed by atoms with Gasteiger partial charge in [-0.05, 0) is 50.9 Å². The first-order valence-corrected chi connectivity index (χ1v) is 10.6. The van der Waals surface area contributed by atoms with E-state index in [-0.39, 0.29) is 35.3 Å². The van der Waals surface area contributed by atoms with Gasteiger partial charge in [0.1, 0.15) is 0 Å². The Morgan fingerprint density at radius 3 is 2.62 bits per heavy atom. The topological polar surface area (TPSA) is 78.5 Å². The Hall–Kier alpha value is -1.15. The van der Waals surface area contributed by atoms with Crippen LogP contribution in [0.15, 0.2) is 29.2 Å². The summed E-state index contributed by atoms with van der Waals surface area (Å²) in [6.07, 6.45) is 5.86. The van der Waals surface area contributed by atoms with Crippen LogP contribution in [0, 0.1) is 0 Å². The van der Waals surface area contributed by atoms with Crippen molar-refractivity contribution in [1.29, 1.82) is 0 Å². The highest BCUT2D eigenvalue weighted by atomic mass is 35.5. The van der Waals surface area contributed by atoms with Crippen molar-refractivity contribution in [2.45, 2.75) is 55.5 Å². The number of sulfonamides is 1. The highest BCUT2D eigenvalue weighted by Crippen LogP contribution is 2.23. The molecule has 1 aromatic rings. The van der Waals surface area contributed by atoms with Crippen molar-refractivity contribution >= 4 is 28.3 Å². The highest BCUT2D eigenvalue weighted by Gasteiger charge is 2.30. The fourth-order valence-electron chi connectivity index (χ4n) is 3.84. The summed E-state index contributed by atoms with van der Waals surface area (Å²) in [7, 11) is -1.70. The van der Waals surface area contributed by atoms with E-state index in [1.54, 1.807) is 18.2 Å². The molecule has 1 aliphatic carbocycles. The summed E-state index contributed by atoms with van der Waals surface area (Å²) in [6, 6.07) is 6.61. The number of amides is 1. The molecule has 0 bridgehead atoms. The number of nitrogens with one attached hydrogen (secondary N) is 2. The summed E-state index contributed by atoms with van der Waals surface area (Å²) >= 11 is 0. The summed E-state index contributed by atoms with van der Waals surface area (Å²) in [5, 5.41) is 3.12. The van der Waals surface area contributed by atoms with Gasteiger partial charge in [0.05, 0.1) is 4.90 Å². The smallest absolute Gasteiger partial charge is 0.254 e. The zero-order valence-electron chi connectivity index (χ0n) is 15.1. The fraction of sp³-hybridized carbons (Fsp3) is 0.611. The molecule has 1 saturated heterocycles.